The average molecular weight is 327 g/mol. The van der Waals surface area contributed by atoms with E-state index in [0.717, 1.165) is 22.4 Å². The molecule has 24 heavy (non-hydrogen) atoms. The Labute approximate surface area is 143 Å². The third-order valence-corrected chi connectivity index (χ3v) is 3.86. The predicted octanol–water partition coefficient (Wildman–Crippen LogP) is 2.97. The van der Waals surface area contributed by atoms with Gasteiger partial charge in [0.25, 0.3) is 0 Å². The van der Waals surface area contributed by atoms with E-state index in [-0.39, 0.29) is 5.91 Å². The van der Waals surface area contributed by atoms with Crippen LogP contribution in [0.2, 0.25) is 0 Å². The molecule has 0 N–H and O–H groups in total. The second-order valence-corrected chi connectivity index (χ2v) is 5.85. The molecule has 128 valence electrons. The zero-order valence-electron chi connectivity index (χ0n) is 14.8. The monoisotopic (exact) mass is 327 g/mol. The zero-order chi connectivity index (χ0) is 17.5. The van der Waals surface area contributed by atoms with Crippen molar-refractivity contribution >= 4 is 5.91 Å². The van der Waals surface area contributed by atoms with Gasteiger partial charge in [0.1, 0.15) is 5.75 Å². The summed E-state index contributed by atoms with van der Waals surface area (Å²) in [6.07, 6.45) is 6.13. The third kappa shape index (κ3) is 4.72. The maximum Gasteiger partial charge on any atom is 0.246 e. The Morgan fingerprint density at radius 3 is 2.75 bits per heavy atom. The molecule has 1 aromatic carbocycles. The van der Waals surface area contributed by atoms with Crippen molar-refractivity contribution in [3.8, 4) is 5.75 Å². The molecule has 0 aliphatic carbocycles. The summed E-state index contributed by atoms with van der Waals surface area (Å²) in [6, 6.07) is 7.88. The molecule has 0 saturated heterocycles. The van der Waals surface area contributed by atoms with Crippen LogP contribution in [0.3, 0.4) is 0 Å². The molecule has 5 heteroatoms. The minimum atomic E-state index is 0.0220. The quantitative estimate of drug-likeness (QED) is 0.735. The van der Waals surface area contributed by atoms with E-state index in [1.54, 1.807) is 24.1 Å². The molecule has 0 radical (unpaired) electrons. The molecule has 0 unspecified atom stereocenters. The maximum atomic E-state index is 12.5. The van der Waals surface area contributed by atoms with E-state index in [1.807, 2.05) is 56.3 Å². The summed E-state index contributed by atoms with van der Waals surface area (Å²) in [5.74, 6) is 0.870. The molecule has 0 saturated carbocycles. The third-order valence-electron chi connectivity index (χ3n) is 3.86. The molecule has 1 heterocycles. The number of aryl methyl sites for hydroxylation is 1. The van der Waals surface area contributed by atoms with Crippen molar-refractivity contribution in [1.82, 2.24) is 14.7 Å². The van der Waals surface area contributed by atoms with Crippen LogP contribution in [0.4, 0.5) is 0 Å². The van der Waals surface area contributed by atoms with Gasteiger partial charge in [-0.2, -0.15) is 5.10 Å². The molecule has 5 nitrogen and oxygen atoms in total. The molecule has 0 fully saturated rings. The first kappa shape index (κ1) is 17.8. The number of carbonyl (C=O) groups is 1. The summed E-state index contributed by atoms with van der Waals surface area (Å²) < 4.78 is 7.12. The van der Waals surface area contributed by atoms with Gasteiger partial charge in [-0.15, -0.1) is 0 Å². The average Bonchev–Trinajstić information content (AvgIpc) is 2.98. The van der Waals surface area contributed by atoms with Gasteiger partial charge in [-0.3, -0.25) is 9.48 Å². The maximum absolute atomic E-state index is 12.5. The first-order chi connectivity index (χ1) is 11.5. The Morgan fingerprint density at radius 1 is 1.38 bits per heavy atom. The van der Waals surface area contributed by atoms with Crippen molar-refractivity contribution in [2.24, 2.45) is 7.05 Å². The first-order valence-corrected chi connectivity index (χ1v) is 8.09. The molecule has 0 bridgehead atoms. The van der Waals surface area contributed by atoms with Crippen molar-refractivity contribution in [1.29, 1.82) is 0 Å². The molecular weight excluding hydrogens is 302 g/mol. The van der Waals surface area contributed by atoms with Gasteiger partial charge in [0.15, 0.2) is 0 Å². The van der Waals surface area contributed by atoms with Gasteiger partial charge >= 0.3 is 0 Å². The minimum Gasteiger partial charge on any atom is -0.496 e. The number of hydrogen-bond donors (Lipinski definition) is 0. The van der Waals surface area contributed by atoms with Crippen LogP contribution in [0.25, 0.3) is 0 Å². The second-order valence-electron chi connectivity index (χ2n) is 5.85. The van der Waals surface area contributed by atoms with Crippen molar-refractivity contribution in [3.63, 3.8) is 0 Å². The number of amides is 1. The zero-order valence-corrected chi connectivity index (χ0v) is 14.8. The van der Waals surface area contributed by atoms with Crippen LogP contribution in [0.5, 0.6) is 5.75 Å². The van der Waals surface area contributed by atoms with Crippen LogP contribution in [0, 0.1) is 0 Å². The molecule has 1 aromatic heterocycles. The Kier molecular flexibility index (Phi) is 6.18. The van der Waals surface area contributed by atoms with Crippen molar-refractivity contribution < 1.29 is 9.53 Å². The molecule has 0 atom stereocenters. The van der Waals surface area contributed by atoms with Gasteiger partial charge in [-0.05, 0) is 31.9 Å². The first-order valence-electron chi connectivity index (χ1n) is 8.09. The van der Waals surface area contributed by atoms with Crippen LogP contribution < -0.4 is 4.74 Å². The molecule has 2 rings (SSSR count). The van der Waals surface area contributed by atoms with Gasteiger partial charge in [-0.25, -0.2) is 0 Å². The van der Waals surface area contributed by atoms with Crippen LogP contribution >= 0.6 is 0 Å². The van der Waals surface area contributed by atoms with Gasteiger partial charge < -0.3 is 9.64 Å². The van der Waals surface area contributed by atoms with Gasteiger partial charge in [0.2, 0.25) is 5.91 Å². The molecule has 2 aromatic rings. The molecule has 1 amide bonds. The Balaban J connectivity index is 2.05. The van der Waals surface area contributed by atoms with Gasteiger partial charge in [-0.1, -0.05) is 23.8 Å². The van der Waals surface area contributed by atoms with Crippen LogP contribution in [-0.2, 0) is 24.8 Å². The van der Waals surface area contributed by atoms with E-state index >= 15 is 0 Å². The van der Waals surface area contributed by atoms with E-state index in [9.17, 15) is 4.79 Å². The van der Waals surface area contributed by atoms with E-state index in [1.165, 1.54) is 0 Å². The summed E-state index contributed by atoms with van der Waals surface area (Å²) in [6.45, 7) is 5.19. The number of ether oxygens (including phenoxy) is 1. The van der Waals surface area contributed by atoms with Crippen molar-refractivity contribution in [2.75, 3.05) is 13.7 Å². The highest BCUT2D eigenvalue weighted by Gasteiger charge is 2.12. The lowest BCUT2D eigenvalue weighted by Crippen LogP contribution is -2.28. The van der Waals surface area contributed by atoms with Crippen LogP contribution in [0.1, 0.15) is 25.0 Å². The number of aromatic nitrogens is 2. The highest BCUT2D eigenvalue weighted by molar-refractivity contribution is 5.88. The number of methoxy groups -OCH3 is 1. The fourth-order valence-corrected chi connectivity index (χ4v) is 2.62. The van der Waals surface area contributed by atoms with E-state index < -0.39 is 0 Å². The fourth-order valence-electron chi connectivity index (χ4n) is 2.62. The fraction of sp³-hybridized carbons (Fsp3) is 0.368. The van der Waals surface area contributed by atoms with Gasteiger partial charge in [0, 0.05) is 38.0 Å². The number of nitrogens with zero attached hydrogens (tertiary/aromatic N) is 3. The molecule has 0 aliphatic heterocycles. The molecule has 0 aliphatic rings. The molecule has 0 spiro atoms. The van der Waals surface area contributed by atoms with E-state index in [2.05, 4.69) is 5.10 Å². The lowest BCUT2D eigenvalue weighted by atomic mass is 10.0. The van der Waals surface area contributed by atoms with Gasteiger partial charge in [0.05, 0.1) is 13.3 Å². The second kappa shape index (κ2) is 8.34. The number of para-hydroxylation sites is 1. The Morgan fingerprint density at radius 2 is 2.12 bits per heavy atom. The normalized spacial score (nSPS) is 11.4. The predicted molar refractivity (Wildman–Crippen MR) is 94.8 cm³/mol. The number of allylic oxidation sites excluding steroid dienone is 1. The number of hydrogen-bond acceptors (Lipinski definition) is 3. The minimum absolute atomic E-state index is 0.0220. The smallest absolute Gasteiger partial charge is 0.246 e. The largest absolute Gasteiger partial charge is 0.496 e. The summed E-state index contributed by atoms with van der Waals surface area (Å²) in [4.78, 5) is 14.3. The van der Waals surface area contributed by atoms with Crippen molar-refractivity contribution in [3.05, 3.63) is 59.4 Å². The summed E-state index contributed by atoms with van der Waals surface area (Å²) in [5.41, 5.74) is 3.12. The van der Waals surface area contributed by atoms with Crippen LogP contribution in [0.15, 0.2) is 48.3 Å². The highest BCUT2D eigenvalue weighted by atomic mass is 16.5. The van der Waals surface area contributed by atoms with E-state index in [4.69, 9.17) is 4.74 Å². The number of benzene rings is 1. The van der Waals surface area contributed by atoms with E-state index in [0.29, 0.717) is 19.5 Å². The number of rotatable bonds is 7. The topological polar surface area (TPSA) is 47.4 Å². The summed E-state index contributed by atoms with van der Waals surface area (Å²) in [7, 11) is 3.54. The lowest BCUT2D eigenvalue weighted by Gasteiger charge is -2.19. The highest BCUT2D eigenvalue weighted by Crippen LogP contribution is 2.20. The standard InChI is InChI=1S/C19H25N3O2/c1-5-22(14-16-12-20-21(3)13-16)19(23)11-15(2)10-17-8-6-7-9-18(17)24-4/h6-9,11-13H,5,10,14H2,1-4H3/b15-11+. The summed E-state index contributed by atoms with van der Waals surface area (Å²) >= 11 is 0. The number of carbonyl (C=O) groups excluding carboxylic acids is 1. The van der Waals surface area contributed by atoms with Crippen molar-refractivity contribution in [2.45, 2.75) is 26.8 Å². The Bertz CT molecular complexity index is 719. The summed E-state index contributed by atoms with van der Waals surface area (Å²) in [5, 5.41) is 4.15. The molecular formula is C19H25N3O2. The lowest BCUT2D eigenvalue weighted by molar-refractivity contribution is -0.126. The Hall–Kier alpha value is -2.56. The number of likely N-dealkylation sites (N-methyl/N-ethyl adjacent to an activating group) is 1. The SMILES string of the molecule is CCN(Cc1cnn(C)c1)C(=O)/C=C(\C)Cc1ccccc1OC. The van der Waals surface area contributed by atoms with Crippen LogP contribution in [-0.4, -0.2) is 34.2 Å².